The lowest BCUT2D eigenvalue weighted by Crippen LogP contribution is -2.15. The van der Waals surface area contributed by atoms with Crippen LogP contribution in [-0.2, 0) is 10.0 Å². The van der Waals surface area contributed by atoms with Gasteiger partial charge in [-0.05, 0) is 36.1 Å². The molecule has 0 aliphatic heterocycles. The zero-order chi connectivity index (χ0) is 14.9. The lowest BCUT2D eigenvalue weighted by molar-refractivity contribution is 0.0698. The van der Waals surface area contributed by atoms with Crippen LogP contribution in [0.15, 0.2) is 39.0 Å². The molecule has 0 aliphatic carbocycles. The van der Waals surface area contributed by atoms with Crippen LogP contribution in [0.3, 0.4) is 0 Å². The van der Waals surface area contributed by atoms with Crippen molar-refractivity contribution in [2.24, 2.45) is 0 Å². The molecule has 2 rings (SSSR count). The fraction of sp³-hybridized carbons (Fsp3) is 0.0833. The molecule has 8 heteroatoms. The van der Waals surface area contributed by atoms with Gasteiger partial charge >= 0.3 is 5.97 Å². The average Bonchev–Trinajstić information content (AvgIpc) is 2.83. The topological polar surface area (TPSA) is 83.5 Å². The molecule has 5 nitrogen and oxygen atoms in total. The molecule has 0 aliphatic rings. The first-order chi connectivity index (χ1) is 9.31. The minimum atomic E-state index is -3.93. The number of hydrogen-bond acceptors (Lipinski definition) is 4. The van der Waals surface area contributed by atoms with Crippen molar-refractivity contribution in [1.29, 1.82) is 0 Å². The van der Waals surface area contributed by atoms with Gasteiger partial charge in [0.15, 0.2) is 0 Å². The highest BCUT2D eigenvalue weighted by molar-refractivity contribution is 9.10. The number of sulfonamides is 1. The maximum Gasteiger partial charge on any atom is 0.347 e. The molecule has 0 unspecified atom stereocenters. The largest absolute Gasteiger partial charge is 0.477 e. The molecule has 0 amide bonds. The number of carboxylic acid groups (broad SMARTS) is 1. The second kappa shape index (κ2) is 5.55. The zero-order valence-corrected chi connectivity index (χ0v) is 13.5. The third kappa shape index (κ3) is 3.02. The third-order valence-electron chi connectivity index (χ3n) is 2.56. The first-order valence-electron chi connectivity index (χ1n) is 5.41. The fourth-order valence-corrected chi connectivity index (χ4v) is 4.31. The van der Waals surface area contributed by atoms with Crippen molar-refractivity contribution in [3.05, 3.63) is 44.6 Å². The van der Waals surface area contributed by atoms with E-state index >= 15 is 0 Å². The molecule has 0 fully saturated rings. The van der Waals surface area contributed by atoms with E-state index in [1.807, 2.05) is 0 Å². The van der Waals surface area contributed by atoms with Gasteiger partial charge < -0.3 is 5.11 Å². The first-order valence-corrected chi connectivity index (χ1v) is 8.56. The molecule has 1 aromatic carbocycles. The van der Waals surface area contributed by atoms with E-state index in [-0.39, 0.29) is 9.77 Å². The van der Waals surface area contributed by atoms with Crippen LogP contribution in [0, 0.1) is 6.92 Å². The lowest BCUT2D eigenvalue weighted by atomic mass is 10.2. The Kier molecular flexibility index (Phi) is 4.17. The van der Waals surface area contributed by atoms with Crippen molar-refractivity contribution < 1.29 is 18.3 Å². The predicted molar refractivity (Wildman–Crippen MR) is 81.0 cm³/mol. The van der Waals surface area contributed by atoms with E-state index in [4.69, 9.17) is 5.11 Å². The van der Waals surface area contributed by atoms with Gasteiger partial charge in [0.25, 0.3) is 10.0 Å². The molecule has 0 saturated heterocycles. The standard InChI is InChI=1S/C12H10BrNO4S2/c1-7-2-3-8(13)6-9(7)14-20(17,18)10-4-5-19-11(10)12(15)16/h2-6,14H,1H3,(H,15,16). The van der Waals surface area contributed by atoms with E-state index in [0.29, 0.717) is 5.69 Å². The summed E-state index contributed by atoms with van der Waals surface area (Å²) in [5.74, 6) is -1.26. The number of nitrogens with one attached hydrogen (secondary N) is 1. The smallest absolute Gasteiger partial charge is 0.347 e. The molecule has 0 radical (unpaired) electrons. The highest BCUT2D eigenvalue weighted by Gasteiger charge is 2.24. The second-order valence-corrected chi connectivity index (χ2v) is 7.47. The van der Waals surface area contributed by atoms with Gasteiger partial charge in [0.2, 0.25) is 0 Å². The number of hydrogen-bond donors (Lipinski definition) is 2. The van der Waals surface area contributed by atoms with Crippen molar-refractivity contribution in [2.75, 3.05) is 4.72 Å². The predicted octanol–water partition coefficient (Wildman–Crippen LogP) is 3.32. The molecule has 1 aromatic heterocycles. The Hall–Kier alpha value is -1.38. The summed E-state index contributed by atoms with van der Waals surface area (Å²) in [6.45, 7) is 1.76. The Labute approximate surface area is 128 Å². The van der Waals surface area contributed by atoms with Crippen molar-refractivity contribution in [3.63, 3.8) is 0 Å². The Morgan fingerprint density at radius 3 is 2.70 bits per heavy atom. The number of aromatic carboxylic acids is 1. The Bertz CT molecular complexity index is 768. The summed E-state index contributed by atoms with van der Waals surface area (Å²) in [6, 6.07) is 6.46. The number of anilines is 1. The van der Waals surface area contributed by atoms with Crippen molar-refractivity contribution in [1.82, 2.24) is 0 Å². The van der Waals surface area contributed by atoms with Crippen LogP contribution in [0.1, 0.15) is 15.2 Å². The SMILES string of the molecule is Cc1ccc(Br)cc1NS(=O)(=O)c1ccsc1C(=O)O. The molecule has 0 spiro atoms. The second-order valence-electron chi connectivity index (χ2n) is 3.98. The zero-order valence-electron chi connectivity index (χ0n) is 10.3. The third-order valence-corrected chi connectivity index (χ3v) is 5.49. The molecule has 2 N–H and O–H groups in total. The van der Waals surface area contributed by atoms with Gasteiger partial charge in [0.05, 0.1) is 5.69 Å². The summed E-state index contributed by atoms with van der Waals surface area (Å²) in [5.41, 5.74) is 1.14. The normalized spacial score (nSPS) is 11.3. The highest BCUT2D eigenvalue weighted by atomic mass is 79.9. The molecule has 1 heterocycles. The molecule has 106 valence electrons. The summed E-state index contributed by atoms with van der Waals surface area (Å²) in [6.07, 6.45) is 0. The van der Waals surface area contributed by atoms with Crippen molar-refractivity contribution in [3.8, 4) is 0 Å². The van der Waals surface area contributed by atoms with Gasteiger partial charge in [-0.25, -0.2) is 13.2 Å². The Balaban J connectivity index is 2.44. The number of rotatable bonds is 4. The molecular weight excluding hydrogens is 366 g/mol. The van der Waals surface area contributed by atoms with E-state index < -0.39 is 16.0 Å². The summed E-state index contributed by atoms with van der Waals surface area (Å²) in [4.78, 5) is 10.6. The lowest BCUT2D eigenvalue weighted by Gasteiger charge is -2.10. The molecular formula is C12H10BrNO4S2. The number of carbonyl (C=O) groups is 1. The summed E-state index contributed by atoms with van der Waals surface area (Å²) < 4.78 is 27.7. The van der Waals surface area contributed by atoms with Gasteiger partial charge in [0, 0.05) is 4.47 Å². The van der Waals surface area contributed by atoms with Crippen LogP contribution in [0.4, 0.5) is 5.69 Å². The quantitative estimate of drug-likeness (QED) is 0.858. The highest BCUT2D eigenvalue weighted by Crippen LogP contribution is 2.27. The Morgan fingerprint density at radius 1 is 1.35 bits per heavy atom. The van der Waals surface area contributed by atoms with E-state index in [9.17, 15) is 13.2 Å². The molecule has 0 bridgehead atoms. The summed E-state index contributed by atoms with van der Waals surface area (Å²) in [7, 11) is -3.93. The van der Waals surface area contributed by atoms with E-state index in [2.05, 4.69) is 20.7 Å². The molecule has 0 atom stereocenters. The molecule has 0 saturated carbocycles. The van der Waals surface area contributed by atoms with Crippen LogP contribution in [0.25, 0.3) is 0 Å². The van der Waals surface area contributed by atoms with Gasteiger partial charge in [-0.3, -0.25) is 4.72 Å². The molecule has 20 heavy (non-hydrogen) atoms. The average molecular weight is 376 g/mol. The number of carboxylic acids is 1. The van der Waals surface area contributed by atoms with Crippen molar-refractivity contribution in [2.45, 2.75) is 11.8 Å². The summed E-state index contributed by atoms with van der Waals surface area (Å²) in [5, 5.41) is 10.4. The fourth-order valence-electron chi connectivity index (χ4n) is 1.57. The maximum atomic E-state index is 12.3. The Morgan fingerprint density at radius 2 is 2.05 bits per heavy atom. The van der Waals surface area contributed by atoms with Crippen LogP contribution < -0.4 is 4.72 Å². The van der Waals surface area contributed by atoms with Gasteiger partial charge in [-0.2, -0.15) is 0 Å². The van der Waals surface area contributed by atoms with Crippen LogP contribution in [-0.4, -0.2) is 19.5 Å². The van der Waals surface area contributed by atoms with E-state index in [1.54, 1.807) is 25.1 Å². The summed E-state index contributed by atoms with van der Waals surface area (Å²) >= 11 is 4.14. The van der Waals surface area contributed by atoms with Crippen molar-refractivity contribution >= 4 is 48.9 Å². The first kappa shape index (κ1) is 15.0. The van der Waals surface area contributed by atoms with Crippen LogP contribution in [0.2, 0.25) is 0 Å². The maximum absolute atomic E-state index is 12.3. The van der Waals surface area contributed by atoms with Gasteiger partial charge in [-0.15, -0.1) is 11.3 Å². The van der Waals surface area contributed by atoms with Crippen LogP contribution in [0.5, 0.6) is 0 Å². The number of thiophene rings is 1. The van der Waals surface area contributed by atoms with E-state index in [1.165, 1.54) is 11.4 Å². The van der Waals surface area contributed by atoms with Gasteiger partial charge in [-0.1, -0.05) is 22.0 Å². The minimum Gasteiger partial charge on any atom is -0.477 e. The number of benzene rings is 1. The monoisotopic (exact) mass is 375 g/mol. The van der Waals surface area contributed by atoms with E-state index in [0.717, 1.165) is 21.4 Å². The molecule has 2 aromatic rings. The van der Waals surface area contributed by atoms with Crippen LogP contribution >= 0.6 is 27.3 Å². The number of aryl methyl sites for hydroxylation is 1. The minimum absolute atomic E-state index is 0.204. The van der Waals surface area contributed by atoms with Gasteiger partial charge in [0.1, 0.15) is 9.77 Å². The number of halogens is 1.